The van der Waals surface area contributed by atoms with Crippen molar-refractivity contribution in [2.45, 2.75) is 44.9 Å². The summed E-state index contributed by atoms with van der Waals surface area (Å²) in [6.07, 6.45) is 14.0. The normalized spacial score (nSPS) is 18.2. The van der Waals surface area contributed by atoms with Gasteiger partial charge in [-0.25, -0.2) is 0 Å². The van der Waals surface area contributed by atoms with Crippen molar-refractivity contribution in [2.75, 3.05) is 6.61 Å². The molecule has 1 aliphatic heterocycles. The van der Waals surface area contributed by atoms with Gasteiger partial charge in [0.15, 0.2) is 0 Å². The fourth-order valence-corrected chi connectivity index (χ4v) is 2.08. The molecule has 2 rings (SSSR count). The Bertz CT molecular complexity index is 330. The number of rotatable bonds is 9. The smallest absolute Gasteiger partial charge is 0.423 e. The lowest BCUT2D eigenvalue weighted by atomic mass is 9.80. The topological polar surface area (TPSA) is 65.0 Å². The predicted octanol–water partition coefficient (Wildman–Crippen LogP) is 1.51. The molecule has 0 aromatic carbocycles. The standard InChI is InChI=1S/C13H23BN2O3/c17-14(18)13-8-9-16(15-11-13)19-10-4-2-1-3-5-12-6-7-12/h8-9,11-12,15,17-18H,1-7,10H2. The van der Waals surface area contributed by atoms with E-state index < -0.39 is 7.12 Å². The Balaban J connectivity index is 1.44. The highest BCUT2D eigenvalue weighted by atomic mass is 16.7. The fourth-order valence-electron chi connectivity index (χ4n) is 2.08. The van der Waals surface area contributed by atoms with Crippen molar-refractivity contribution in [3.63, 3.8) is 0 Å². The Morgan fingerprint density at radius 2 is 2.05 bits per heavy atom. The van der Waals surface area contributed by atoms with Crippen LogP contribution in [-0.2, 0) is 4.84 Å². The molecule has 3 N–H and O–H groups in total. The summed E-state index contributed by atoms with van der Waals surface area (Å²) in [5, 5.41) is 19.4. The Morgan fingerprint density at radius 3 is 2.68 bits per heavy atom. The van der Waals surface area contributed by atoms with Crippen molar-refractivity contribution >= 4 is 7.12 Å². The van der Waals surface area contributed by atoms with Gasteiger partial charge in [0.25, 0.3) is 0 Å². The van der Waals surface area contributed by atoms with Gasteiger partial charge in [0.1, 0.15) is 0 Å². The molecule has 1 saturated carbocycles. The second-order valence-electron chi connectivity index (χ2n) is 5.27. The molecular formula is C13H23BN2O3. The average Bonchev–Trinajstić information content (AvgIpc) is 3.22. The van der Waals surface area contributed by atoms with Gasteiger partial charge in [-0.2, -0.15) is 5.17 Å². The minimum Gasteiger partial charge on any atom is -0.423 e. The molecule has 5 nitrogen and oxygen atoms in total. The molecule has 0 atom stereocenters. The number of hydrazine groups is 1. The van der Waals surface area contributed by atoms with E-state index in [2.05, 4.69) is 5.43 Å². The van der Waals surface area contributed by atoms with E-state index in [9.17, 15) is 0 Å². The van der Waals surface area contributed by atoms with Crippen molar-refractivity contribution in [1.82, 2.24) is 10.6 Å². The van der Waals surface area contributed by atoms with E-state index in [1.54, 1.807) is 12.3 Å². The Morgan fingerprint density at radius 1 is 1.26 bits per heavy atom. The molecule has 6 heteroatoms. The Hall–Kier alpha value is -0.975. The average molecular weight is 266 g/mol. The summed E-state index contributed by atoms with van der Waals surface area (Å²) < 4.78 is 0. The van der Waals surface area contributed by atoms with Crippen LogP contribution in [0.2, 0.25) is 0 Å². The molecular weight excluding hydrogens is 243 g/mol. The Kier molecular flexibility index (Phi) is 5.75. The molecule has 2 aliphatic rings. The molecule has 0 amide bonds. The van der Waals surface area contributed by atoms with Crippen LogP contribution in [0.1, 0.15) is 44.9 Å². The van der Waals surface area contributed by atoms with E-state index in [1.807, 2.05) is 0 Å². The van der Waals surface area contributed by atoms with E-state index in [4.69, 9.17) is 14.9 Å². The zero-order chi connectivity index (χ0) is 13.5. The lowest BCUT2D eigenvalue weighted by Crippen LogP contribution is -2.34. The largest absolute Gasteiger partial charge is 0.490 e. The predicted molar refractivity (Wildman–Crippen MR) is 74.2 cm³/mol. The maximum Gasteiger partial charge on any atom is 0.490 e. The van der Waals surface area contributed by atoms with E-state index >= 15 is 0 Å². The first-order valence-electron chi connectivity index (χ1n) is 7.18. The highest BCUT2D eigenvalue weighted by molar-refractivity contribution is 6.51. The third-order valence-corrected chi connectivity index (χ3v) is 3.49. The van der Waals surface area contributed by atoms with E-state index in [-0.39, 0.29) is 0 Å². The highest BCUT2D eigenvalue weighted by Gasteiger charge is 2.19. The number of hydrogen-bond donors (Lipinski definition) is 3. The lowest BCUT2D eigenvalue weighted by molar-refractivity contribution is -0.149. The van der Waals surface area contributed by atoms with Crippen LogP contribution in [-0.4, -0.2) is 28.9 Å². The third-order valence-electron chi connectivity index (χ3n) is 3.49. The summed E-state index contributed by atoms with van der Waals surface area (Å²) in [5.74, 6) is 1.04. The van der Waals surface area contributed by atoms with Gasteiger partial charge < -0.3 is 10.0 Å². The minimum absolute atomic E-state index is 0.417. The molecule has 0 unspecified atom stereocenters. The number of hydrogen-bond acceptors (Lipinski definition) is 5. The second kappa shape index (κ2) is 7.57. The third kappa shape index (κ3) is 5.67. The molecule has 1 fully saturated rings. The molecule has 0 spiro atoms. The maximum absolute atomic E-state index is 8.94. The van der Waals surface area contributed by atoms with Crippen LogP contribution in [0.4, 0.5) is 0 Å². The zero-order valence-corrected chi connectivity index (χ0v) is 11.3. The van der Waals surface area contributed by atoms with Crippen LogP contribution in [0.25, 0.3) is 0 Å². The van der Waals surface area contributed by atoms with Gasteiger partial charge in [-0.3, -0.25) is 10.3 Å². The summed E-state index contributed by atoms with van der Waals surface area (Å²) in [6, 6.07) is 0. The van der Waals surface area contributed by atoms with Crippen molar-refractivity contribution in [3.05, 3.63) is 23.9 Å². The van der Waals surface area contributed by atoms with E-state index in [0.717, 1.165) is 12.3 Å². The first-order valence-corrected chi connectivity index (χ1v) is 7.18. The van der Waals surface area contributed by atoms with E-state index in [0.29, 0.717) is 12.1 Å². The van der Waals surface area contributed by atoms with Crippen molar-refractivity contribution in [2.24, 2.45) is 5.92 Å². The quantitative estimate of drug-likeness (QED) is 0.436. The molecule has 0 aromatic heterocycles. The number of nitrogens with zero attached hydrogens (tertiary/aromatic N) is 1. The van der Waals surface area contributed by atoms with Crippen LogP contribution >= 0.6 is 0 Å². The van der Waals surface area contributed by atoms with Crippen LogP contribution in [0, 0.1) is 5.92 Å². The Labute approximate surface area is 115 Å². The van der Waals surface area contributed by atoms with Gasteiger partial charge in [0, 0.05) is 11.7 Å². The molecule has 0 saturated heterocycles. The van der Waals surface area contributed by atoms with Crippen molar-refractivity contribution < 1.29 is 14.9 Å². The van der Waals surface area contributed by atoms with Gasteiger partial charge in [0.2, 0.25) is 0 Å². The van der Waals surface area contributed by atoms with Crippen LogP contribution in [0.3, 0.4) is 0 Å². The summed E-state index contributed by atoms with van der Waals surface area (Å²) in [5.41, 5.74) is 3.23. The molecule has 106 valence electrons. The first kappa shape index (κ1) is 14.4. The summed E-state index contributed by atoms with van der Waals surface area (Å²) >= 11 is 0. The highest BCUT2D eigenvalue weighted by Crippen LogP contribution is 2.34. The van der Waals surface area contributed by atoms with Gasteiger partial charge in [-0.1, -0.05) is 38.5 Å². The summed E-state index contributed by atoms with van der Waals surface area (Å²) in [7, 11) is -1.45. The van der Waals surface area contributed by atoms with Crippen molar-refractivity contribution in [1.29, 1.82) is 0 Å². The van der Waals surface area contributed by atoms with E-state index in [1.165, 1.54) is 49.9 Å². The summed E-state index contributed by atoms with van der Waals surface area (Å²) in [6.45, 7) is 0.672. The SMILES string of the molecule is OB(O)C1=CNN(OCCCCCCC2CC2)C=C1. The molecule has 0 aromatic rings. The lowest BCUT2D eigenvalue weighted by Gasteiger charge is -2.22. The maximum atomic E-state index is 8.94. The van der Waals surface area contributed by atoms with Crippen molar-refractivity contribution in [3.8, 4) is 0 Å². The molecule has 0 radical (unpaired) electrons. The number of unbranched alkanes of at least 4 members (excludes halogenated alkanes) is 3. The zero-order valence-electron chi connectivity index (χ0n) is 11.3. The van der Waals surface area contributed by atoms with Crippen LogP contribution in [0.5, 0.6) is 0 Å². The van der Waals surface area contributed by atoms with Gasteiger partial charge >= 0.3 is 7.12 Å². The van der Waals surface area contributed by atoms with Crippen LogP contribution in [0.15, 0.2) is 23.9 Å². The van der Waals surface area contributed by atoms with Crippen LogP contribution < -0.4 is 5.43 Å². The number of nitrogens with one attached hydrogen (secondary N) is 1. The fraction of sp³-hybridized carbons (Fsp3) is 0.692. The minimum atomic E-state index is -1.45. The number of hydroxylamine groups is 1. The molecule has 1 heterocycles. The second-order valence-corrected chi connectivity index (χ2v) is 5.27. The first-order chi connectivity index (χ1) is 9.25. The molecule has 1 aliphatic carbocycles. The van der Waals surface area contributed by atoms with Gasteiger partial charge in [-0.15, -0.1) is 0 Å². The number of allylic oxidation sites excluding steroid dienone is 2. The van der Waals surface area contributed by atoms with Gasteiger partial charge in [-0.05, 0) is 18.4 Å². The molecule has 19 heavy (non-hydrogen) atoms. The monoisotopic (exact) mass is 266 g/mol. The summed E-state index contributed by atoms with van der Waals surface area (Å²) in [4.78, 5) is 5.48. The van der Waals surface area contributed by atoms with Gasteiger partial charge in [0.05, 0.1) is 12.8 Å². The molecule has 0 bridgehead atoms.